The number of ether oxygens (including phenoxy) is 2. The van der Waals surface area contributed by atoms with Gasteiger partial charge in [0, 0.05) is 23.6 Å². The van der Waals surface area contributed by atoms with Crippen LogP contribution in [0, 0.1) is 0 Å². The monoisotopic (exact) mass is 355 g/mol. The summed E-state index contributed by atoms with van der Waals surface area (Å²) in [7, 11) is 0. The van der Waals surface area contributed by atoms with Crippen molar-refractivity contribution in [3.8, 4) is 5.75 Å². The van der Waals surface area contributed by atoms with Crippen LogP contribution in [-0.4, -0.2) is 43.3 Å². The van der Waals surface area contributed by atoms with Crippen LogP contribution < -0.4 is 4.74 Å². The molecule has 1 aliphatic rings. The molecule has 4 heteroatoms. The highest BCUT2D eigenvalue weighted by Crippen LogP contribution is 2.29. The fourth-order valence-electron chi connectivity index (χ4n) is 2.60. The summed E-state index contributed by atoms with van der Waals surface area (Å²) in [6.07, 6.45) is 0.157. The van der Waals surface area contributed by atoms with E-state index in [1.54, 1.807) is 0 Å². The summed E-state index contributed by atoms with van der Waals surface area (Å²) >= 11 is 3.53. The number of halogens is 1. The molecule has 1 aliphatic heterocycles. The minimum atomic E-state index is 0.157. The Kier molecular flexibility index (Phi) is 6.08. The minimum absolute atomic E-state index is 0.157. The molecule has 118 valence electrons. The maximum atomic E-state index is 6.05. The Balaban J connectivity index is 1.96. The Labute approximate surface area is 136 Å². The van der Waals surface area contributed by atoms with Gasteiger partial charge < -0.3 is 9.47 Å². The first-order valence-corrected chi connectivity index (χ1v) is 8.54. The van der Waals surface area contributed by atoms with Gasteiger partial charge in [0.1, 0.15) is 18.5 Å². The maximum absolute atomic E-state index is 6.05. The second-order valence-electron chi connectivity index (χ2n) is 6.23. The van der Waals surface area contributed by atoms with Crippen LogP contribution in [0.1, 0.15) is 39.2 Å². The molecule has 0 amide bonds. The van der Waals surface area contributed by atoms with E-state index in [9.17, 15) is 0 Å². The van der Waals surface area contributed by atoms with Gasteiger partial charge in [0.15, 0.2) is 0 Å². The Morgan fingerprint density at radius 1 is 1.33 bits per heavy atom. The van der Waals surface area contributed by atoms with Crippen LogP contribution in [0.3, 0.4) is 0 Å². The fraction of sp³-hybridized carbons (Fsp3) is 0.647. The van der Waals surface area contributed by atoms with E-state index in [4.69, 9.17) is 9.47 Å². The van der Waals surface area contributed by atoms with Gasteiger partial charge in [-0.25, -0.2) is 0 Å². The van der Waals surface area contributed by atoms with Gasteiger partial charge in [0.05, 0.1) is 6.61 Å². The highest BCUT2D eigenvalue weighted by Gasteiger charge is 2.23. The molecule has 0 bridgehead atoms. The van der Waals surface area contributed by atoms with Gasteiger partial charge in [0.25, 0.3) is 0 Å². The van der Waals surface area contributed by atoms with Gasteiger partial charge >= 0.3 is 0 Å². The van der Waals surface area contributed by atoms with E-state index in [-0.39, 0.29) is 6.10 Å². The highest BCUT2D eigenvalue weighted by molar-refractivity contribution is 9.10. The summed E-state index contributed by atoms with van der Waals surface area (Å²) in [4.78, 5) is 2.45. The molecule has 0 aliphatic carbocycles. The first-order chi connectivity index (χ1) is 9.97. The molecule has 1 unspecified atom stereocenters. The van der Waals surface area contributed by atoms with Gasteiger partial charge in [-0.2, -0.15) is 0 Å². The van der Waals surface area contributed by atoms with Crippen molar-refractivity contribution in [3.05, 3.63) is 28.2 Å². The van der Waals surface area contributed by atoms with E-state index in [2.05, 4.69) is 54.6 Å². The molecule has 1 aromatic rings. The summed E-state index contributed by atoms with van der Waals surface area (Å²) in [5.74, 6) is 1.41. The zero-order chi connectivity index (χ0) is 15.4. The van der Waals surface area contributed by atoms with Crippen LogP contribution in [0.4, 0.5) is 0 Å². The number of morpholine rings is 1. The fourth-order valence-corrected chi connectivity index (χ4v) is 2.98. The molecule has 1 heterocycles. The van der Waals surface area contributed by atoms with E-state index in [0.29, 0.717) is 18.6 Å². The quantitative estimate of drug-likeness (QED) is 0.794. The Morgan fingerprint density at radius 3 is 2.76 bits per heavy atom. The van der Waals surface area contributed by atoms with E-state index >= 15 is 0 Å². The molecule has 0 N–H and O–H groups in total. The number of rotatable bonds is 5. The van der Waals surface area contributed by atoms with Crippen molar-refractivity contribution < 1.29 is 9.47 Å². The SMILES string of the molecule is CC(C)c1cc(Br)ccc1OCC1CN(C(C)C)CCO1. The largest absolute Gasteiger partial charge is 0.491 e. The summed E-state index contributed by atoms with van der Waals surface area (Å²) in [6, 6.07) is 6.78. The smallest absolute Gasteiger partial charge is 0.122 e. The molecule has 1 fully saturated rings. The van der Waals surface area contributed by atoms with Crippen LogP contribution in [0.2, 0.25) is 0 Å². The normalized spacial score (nSPS) is 20.2. The van der Waals surface area contributed by atoms with Gasteiger partial charge in [-0.1, -0.05) is 29.8 Å². The van der Waals surface area contributed by atoms with Crippen LogP contribution in [0.15, 0.2) is 22.7 Å². The van der Waals surface area contributed by atoms with Gasteiger partial charge in [-0.3, -0.25) is 4.90 Å². The third-order valence-electron chi connectivity index (χ3n) is 3.92. The second-order valence-corrected chi connectivity index (χ2v) is 7.15. The summed E-state index contributed by atoms with van der Waals surface area (Å²) in [5, 5.41) is 0. The average Bonchev–Trinajstić information content (AvgIpc) is 2.46. The molecular formula is C17H26BrNO2. The molecule has 1 atom stereocenters. The molecular weight excluding hydrogens is 330 g/mol. The van der Waals surface area contributed by atoms with Gasteiger partial charge in [-0.05, 0) is 43.5 Å². The molecule has 1 saturated heterocycles. The van der Waals surface area contributed by atoms with Crippen molar-refractivity contribution in [2.45, 2.75) is 45.8 Å². The summed E-state index contributed by atoms with van der Waals surface area (Å²) in [6.45, 7) is 12.2. The molecule has 0 spiro atoms. The van der Waals surface area contributed by atoms with Crippen LogP contribution in [0.25, 0.3) is 0 Å². The first-order valence-electron chi connectivity index (χ1n) is 7.75. The van der Waals surface area contributed by atoms with Crippen LogP contribution in [0.5, 0.6) is 5.75 Å². The van der Waals surface area contributed by atoms with Crippen LogP contribution in [-0.2, 0) is 4.74 Å². The number of nitrogens with zero attached hydrogens (tertiary/aromatic N) is 1. The molecule has 3 nitrogen and oxygen atoms in total. The standard InChI is InChI=1S/C17H26BrNO2/c1-12(2)16-9-14(18)5-6-17(16)21-11-15-10-19(13(3)4)7-8-20-15/h5-6,9,12-13,15H,7-8,10-11H2,1-4H3. The minimum Gasteiger partial charge on any atom is -0.491 e. The number of benzene rings is 1. The van der Waals surface area contributed by atoms with E-state index in [1.165, 1.54) is 5.56 Å². The second kappa shape index (κ2) is 7.61. The van der Waals surface area contributed by atoms with Crippen LogP contribution >= 0.6 is 15.9 Å². The molecule has 0 aromatic heterocycles. The maximum Gasteiger partial charge on any atom is 0.122 e. The van der Waals surface area contributed by atoms with Gasteiger partial charge in [0.2, 0.25) is 0 Å². The van der Waals surface area contributed by atoms with Crippen molar-refractivity contribution in [1.29, 1.82) is 0 Å². The lowest BCUT2D eigenvalue weighted by Crippen LogP contribution is -2.47. The van der Waals surface area contributed by atoms with Crippen molar-refractivity contribution >= 4 is 15.9 Å². The third-order valence-corrected chi connectivity index (χ3v) is 4.41. The highest BCUT2D eigenvalue weighted by atomic mass is 79.9. The zero-order valence-electron chi connectivity index (χ0n) is 13.4. The third kappa shape index (κ3) is 4.70. The Hall–Kier alpha value is -0.580. The molecule has 0 saturated carbocycles. The first kappa shape index (κ1) is 16.8. The Bertz CT molecular complexity index is 462. The van der Waals surface area contributed by atoms with Gasteiger partial charge in [-0.15, -0.1) is 0 Å². The van der Waals surface area contributed by atoms with Crippen molar-refractivity contribution in [3.63, 3.8) is 0 Å². The van der Waals surface area contributed by atoms with Crippen molar-refractivity contribution in [1.82, 2.24) is 4.90 Å². The van der Waals surface area contributed by atoms with E-state index in [1.807, 2.05) is 12.1 Å². The molecule has 21 heavy (non-hydrogen) atoms. The number of hydrogen-bond acceptors (Lipinski definition) is 3. The lowest BCUT2D eigenvalue weighted by Gasteiger charge is -2.35. The summed E-state index contributed by atoms with van der Waals surface area (Å²) in [5.41, 5.74) is 1.24. The zero-order valence-corrected chi connectivity index (χ0v) is 15.0. The lowest BCUT2D eigenvalue weighted by molar-refractivity contribution is -0.0565. The molecule has 2 rings (SSSR count). The Morgan fingerprint density at radius 2 is 2.10 bits per heavy atom. The average molecular weight is 356 g/mol. The molecule has 1 aromatic carbocycles. The molecule has 0 radical (unpaired) electrons. The van der Waals surface area contributed by atoms with Crippen molar-refractivity contribution in [2.24, 2.45) is 0 Å². The van der Waals surface area contributed by atoms with E-state index < -0.39 is 0 Å². The van der Waals surface area contributed by atoms with Crippen molar-refractivity contribution in [2.75, 3.05) is 26.3 Å². The predicted molar refractivity (Wildman–Crippen MR) is 90.2 cm³/mol. The topological polar surface area (TPSA) is 21.7 Å². The number of hydrogen-bond donors (Lipinski definition) is 0. The summed E-state index contributed by atoms with van der Waals surface area (Å²) < 4.78 is 13.0. The predicted octanol–water partition coefficient (Wildman–Crippen LogP) is 4.06. The lowest BCUT2D eigenvalue weighted by atomic mass is 10.0. The van der Waals surface area contributed by atoms with E-state index in [0.717, 1.165) is 29.9 Å².